The summed E-state index contributed by atoms with van der Waals surface area (Å²) in [6.07, 6.45) is 18.6. The standard InChI is InChI=1S/C30H37F/c1-3-5-6-8-22-9-12-24(13-10-22)27-17-18-29(30(31)21-27)28-16-15-25-19-23(7-4-2)11-14-26(25)20-28/h3-5,7,9-10,12-13,17-18,21,23,25-26,28H,6,8,11,14-16,19-20H2,1-2H3/b5-3+,7-4+. The van der Waals surface area contributed by atoms with Crippen LogP contribution in [0.15, 0.2) is 66.8 Å². The van der Waals surface area contributed by atoms with Crippen LogP contribution in [0.25, 0.3) is 11.1 Å². The lowest BCUT2D eigenvalue weighted by Gasteiger charge is -2.42. The van der Waals surface area contributed by atoms with Crippen molar-refractivity contribution in [3.8, 4) is 11.1 Å². The van der Waals surface area contributed by atoms with Gasteiger partial charge in [0.1, 0.15) is 5.82 Å². The summed E-state index contributed by atoms with van der Waals surface area (Å²) in [5, 5.41) is 0. The van der Waals surface area contributed by atoms with Crippen LogP contribution in [0.1, 0.15) is 75.8 Å². The third-order valence-corrected chi connectivity index (χ3v) is 7.68. The predicted molar refractivity (Wildman–Crippen MR) is 131 cm³/mol. The maximum Gasteiger partial charge on any atom is 0.127 e. The Labute approximate surface area is 188 Å². The molecule has 2 saturated carbocycles. The molecule has 4 atom stereocenters. The van der Waals surface area contributed by atoms with Crippen LogP contribution in [-0.4, -0.2) is 0 Å². The quantitative estimate of drug-likeness (QED) is 0.412. The zero-order chi connectivity index (χ0) is 21.6. The molecular formula is C30H37F. The highest BCUT2D eigenvalue weighted by Crippen LogP contribution is 2.48. The van der Waals surface area contributed by atoms with Gasteiger partial charge in [0.15, 0.2) is 0 Å². The average molecular weight is 417 g/mol. The topological polar surface area (TPSA) is 0 Å². The molecule has 2 aromatic rings. The Kier molecular flexibility index (Phi) is 7.43. The zero-order valence-electron chi connectivity index (χ0n) is 19.2. The van der Waals surface area contributed by atoms with E-state index in [1.807, 2.05) is 0 Å². The Hall–Kier alpha value is -2.15. The molecule has 0 amide bonds. The number of halogens is 1. The zero-order valence-corrected chi connectivity index (χ0v) is 19.2. The smallest absolute Gasteiger partial charge is 0.127 e. The highest BCUT2D eigenvalue weighted by atomic mass is 19.1. The number of fused-ring (bicyclic) bond motifs is 1. The normalized spacial score (nSPS) is 26.4. The van der Waals surface area contributed by atoms with Crippen molar-refractivity contribution in [1.82, 2.24) is 0 Å². The maximum absolute atomic E-state index is 15.2. The Balaban J connectivity index is 1.41. The molecular weight excluding hydrogens is 379 g/mol. The molecule has 0 aromatic heterocycles. The summed E-state index contributed by atoms with van der Waals surface area (Å²) in [4.78, 5) is 0. The molecule has 31 heavy (non-hydrogen) atoms. The second kappa shape index (κ2) is 10.4. The van der Waals surface area contributed by atoms with E-state index in [1.165, 1.54) is 37.7 Å². The Morgan fingerprint density at radius 2 is 1.58 bits per heavy atom. The van der Waals surface area contributed by atoms with E-state index in [-0.39, 0.29) is 5.82 Å². The van der Waals surface area contributed by atoms with Crippen molar-refractivity contribution < 1.29 is 4.39 Å². The van der Waals surface area contributed by atoms with Gasteiger partial charge in [-0.1, -0.05) is 60.7 Å². The van der Waals surface area contributed by atoms with Crippen LogP contribution < -0.4 is 0 Å². The Morgan fingerprint density at radius 1 is 0.839 bits per heavy atom. The lowest BCUT2D eigenvalue weighted by Crippen LogP contribution is -2.30. The van der Waals surface area contributed by atoms with Crippen molar-refractivity contribution in [2.24, 2.45) is 17.8 Å². The number of hydrogen-bond acceptors (Lipinski definition) is 0. The minimum Gasteiger partial charge on any atom is -0.207 e. The molecule has 0 nitrogen and oxygen atoms in total. The number of allylic oxidation sites excluding steroid dienone is 4. The van der Waals surface area contributed by atoms with Gasteiger partial charge in [0, 0.05) is 0 Å². The van der Waals surface area contributed by atoms with Gasteiger partial charge in [-0.3, -0.25) is 0 Å². The first-order chi connectivity index (χ1) is 15.2. The Bertz CT molecular complexity index is 905. The lowest BCUT2D eigenvalue weighted by molar-refractivity contribution is 0.132. The predicted octanol–water partition coefficient (Wildman–Crippen LogP) is 8.88. The summed E-state index contributed by atoms with van der Waals surface area (Å²) in [5.74, 6) is 2.78. The van der Waals surface area contributed by atoms with Crippen molar-refractivity contribution in [2.75, 3.05) is 0 Å². The van der Waals surface area contributed by atoms with Gasteiger partial charge < -0.3 is 0 Å². The summed E-state index contributed by atoms with van der Waals surface area (Å²) in [6.45, 7) is 4.19. The fourth-order valence-electron chi connectivity index (χ4n) is 5.97. The lowest BCUT2D eigenvalue weighted by atomic mass is 9.64. The molecule has 4 rings (SSSR count). The van der Waals surface area contributed by atoms with Crippen molar-refractivity contribution in [3.63, 3.8) is 0 Å². The van der Waals surface area contributed by atoms with Gasteiger partial charge in [-0.25, -0.2) is 4.39 Å². The summed E-state index contributed by atoms with van der Waals surface area (Å²) in [7, 11) is 0. The molecule has 0 radical (unpaired) electrons. The van der Waals surface area contributed by atoms with Crippen molar-refractivity contribution >= 4 is 0 Å². The fraction of sp³-hybridized carbons (Fsp3) is 0.467. The molecule has 2 aliphatic carbocycles. The second-order valence-corrected chi connectivity index (χ2v) is 9.67. The third-order valence-electron chi connectivity index (χ3n) is 7.68. The summed E-state index contributed by atoms with van der Waals surface area (Å²) < 4.78 is 15.2. The van der Waals surface area contributed by atoms with E-state index >= 15 is 4.39 Å². The van der Waals surface area contributed by atoms with Crippen LogP contribution >= 0.6 is 0 Å². The molecule has 2 fully saturated rings. The van der Waals surface area contributed by atoms with E-state index in [0.29, 0.717) is 5.92 Å². The van der Waals surface area contributed by atoms with Crippen molar-refractivity contribution in [1.29, 1.82) is 0 Å². The molecule has 2 aliphatic rings. The van der Waals surface area contributed by atoms with Gasteiger partial charge in [0.05, 0.1) is 0 Å². The van der Waals surface area contributed by atoms with Crippen LogP contribution in [0, 0.1) is 23.6 Å². The van der Waals surface area contributed by atoms with E-state index in [4.69, 9.17) is 0 Å². The molecule has 2 aromatic carbocycles. The van der Waals surface area contributed by atoms with E-state index in [0.717, 1.165) is 53.7 Å². The monoisotopic (exact) mass is 416 g/mol. The highest BCUT2D eigenvalue weighted by Gasteiger charge is 2.36. The largest absolute Gasteiger partial charge is 0.207 e. The van der Waals surface area contributed by atoms with Crippen LogP contribution in [0.5, 0.6) is 0 Å². The fourth-order valence-corrected chi connectivity index (χ4v) is 5.97. The SMILES string of the molecule is C/C=C/CCc1ccc(-c2ccc(C3CCC4CC(/C=C/C)CCC4C3)c(F)c2)cc1. The van der Waals surface area contributed by atoms with Crippen LogP contribution in [-0.2, 0) is 6.42 Å². The Morgan fingerprint density at radius 3 is 2.32 bits per heavy atom. The van der Waals surface area contributed by atoms with Gasteiger partial charge in [0.25, 0.3) is 0 Å². The van der Waals surface area contributed by atoms with E-state index in [9.17, 15) is 0 Å². The van der Waals surface area contributed by atoms with Crippen LogP contribution in [0.4, 0.5) is 4.39 Å². The van der Waals surface area contributed by atoms with Gasteiger partial charge in [-0.15, -0.1) is 0 Å². The van der Waals surface area contributed by atoms with E-state index < -0.39 is 0 Å². The molecule has 0 bridgehead atoms. The molecule has 0 aliphatic heterocycles. The summed E-state index contributed by atoms with van der Waals surface area (Å²) in [5.41, 5.74) is 4.37. The first-order valence-electron chi connectivity index (χ1n) is 12.3. The van der Waals surface area contributed by atoms with Gasteiger partial charge in [-0.05, 0) is 117 Å². The summed E-state index contributed by atoms with van der Waals surface area (Å²) >= 11 is 0. The minimum atomic E-state index is -0.0132. The highest BCUT2D eigenvalue weighted by molar-refractivity contribution is 5.64. The third kappa shape index (κ3) is 5.37. The van der Waals surface area contributed by atoms with E-state index in [1.54, 1.807) is 6.07 Å². The van der Waals surface area contributed by atoms with Gasteiger partial charge in [-0.2, -0.15) is 0 Å². The summed E-state index contributed by atoms with van der Waals surface area (Å²) in [6, 6.07) is 14.6. The number of hydrogen-bond donors (Lipinski definition) is 0. The number of rotatable bonds is 6. The van der Waals surface area contributed by atoms with E-state index in [2.05, 4.69) is 74.5 Å². The van der Waals surface area contributed by atoms with Crippen molar-refractivity contribution in [2.45, 2.75) is 71.1 Å². The molecule has 164 valence electrons. The first-order valence-corrected chi connectivity index (χ1v) is 12.3. The van der Waals surface area contributed by atoms with Crippen molar-refractivity contribution in [3.05, 3.63) is 83.7 Å². The molecule has 0 heterocycles. The molecule has 0 N–H and O–H groups in total. The molecule has 4 unspecified atom stereocenters. The number of aryl methyl sites for hydroxylation is 1. The first kappa shape index (κ1) is 22.1. The van der Waals surface area contributed by atoms with Crippen LogP contribution in [0.3, 0.4) is 0 Å². The molecule has 0 saturated heterocycles. The number of benzene rings is 2. The maximum atomic E-state index is 15.2. The van der Waals surface area contributed by atoms with Crippen LogP contribution in [0.2, 0.25) is 0 Å². The second-order valence-electron chi connectivity index (χ2n) is 9.67. The van der Waals surface area contributed by atoms with Gasteiger partial charge in [0.2, 0.25) is 0 Å². The molecule has 0 spiro atoms. The average Bonchev–Trinajstić information content (AvgIpc) is 2.79. The minimum absolute atomic E-state index is 0.0132. The molecule has 1 heteroatoms. The van der Waals surface area contributed by atoms with Gasteiger partial charge >= 0.3 is 0 Å².